The number of thioether (sulfide) groups is 1. The van der Waals surface area contributed by atoms with Crippen LogP contribution < -0.4 is 5.73 Å². The molecule has 0 aromatic heterocycles. The van der Waals surface area contributed by atoms with Crippen molar-refractivity contribution in [3.05, 3.63) is 29.8 Å². The van der Waals surface area contributed by atoms with Crippen molar-refractivity contribution in [3.8, 4) is 0 Å². The third-order valence-electron chi connectivity index (χ3n) is 2.36. The molecule has 0 unspecified atom stereocenters. The number of hydrogen-bond donors (Lipinski definition) is 1. The highest BCUT2D eigenvalue weighted by Crippen LogP contribution is 2.39. The fourth-order valence-corrected chi connectivity index (χ4v) is 1.94. The molecule has 0 spiro atoms. The lowest BCUT2D eigenvalue weighted by Crippen LogP contribution is -2.00. The van der Waals surface area contributed by atoms with Crippen LogP contribution in [-0.4, -0.2) is 12.3 Å². The van der Waals surface area contributed by atoms with E-state index in [4.69, 9.17) is 5.73 Å². The SMILES string of the molecule is CSc1cccc([C@@H]2C[C@H]2N)c1. The van der Waals surface area contributed by atoms with Gasteiger partial charge in [-0.3, -0.25) is 0 Å². The van der Waals surface area contributed by atoms with Crippen molar-refractivity contribution in [2.24, 2.45) is 5.73 Å². The minimum absolute atomic E-state index is 0.419. The lowest BCUT2D eigenvalue weighted by atomic mass is 10.1. The first-order chi connectivity index (χ1) is 5.81. The van der Waals surface area contributed by atoms with E-state index in [9.17, 15) is 0 Å². The summed E-state index contributed by atoms with van der Waals surface area (Å²) in [6.07, 6.45) is 3.27. The van der Waals surface area contributed by atoms with Crippen LogP contribution in [-0.2, 0) is 0 Å². The van der Waals surface area contributed by atoms with Crippen LogP contribution in [0.2, 0.25) is 0 Å². The highest BCUT2D eigenvalue weighted by atomic mass is 32.2. The second-order valence-electron chi connectivity index (χ2n) is 3.28. The second-order valence-corrected chi connectivity index (χ2v) is 4.16. The minimum atomic E-state index is 0.419. The molecule has 2 N–H and O–H groups in total. The number of rotatable bonds is 2. The van der Waals surface area contributed by atoms with Gasteiger partial charge in [-0.1, -0.05) is 12.1 Å². The van der Waals surface area contributed by atoms with E-state index in [1.807, 2.05) is 0 Å². The zero-order valence-electron chi connectivity index (χ0n) is 7.16. The summed E-state index contributed by atoms with van der Waals surface area (Å²) in [6, 6.07) is 9.11. The van der Waals surface area contributed by atoms with E-state index >= 15 is 0 Å². The average Bonchev–Trinajstić information content (AvgIpc) is 2.83. The van der Waals surface area contributed by atoms with Crippen LogP contribution in [0.5, 0.6) is 0 Å². The average molecular weight is 179 g/mol. The van der Waals surface area contributed by atoms with Gasteiger partial charge in [-0.15, -0.1) is 11.8 Å². The van der Waals surface area contributed by atoms with Crippen molar-refractivity contribution in [2.45, 2.75) is 23.3 Å². The van der Waals surface area contributed by atoms with Gasteiger partial charge in [0.05, 0.1) is 0 Å². The first kappa shape index (κ1) is 8.14. The van der Waals surface area contributed by atoms with Gasteiger partial charge >= 0.3 is 0 Å². The molecule has 1 aliphatic carbocycles. The molecule has 0 radical (unpaired) electrons. The van der Waals surface area contributed by atoms with Crippen molar-refractivity contribution >= 4 is 11.8 Å². The fourth-order valence-electron chi connectivity index (χ4n) is 1.47. The Morgan fingerprint density at radius 2 is 2.25 bits per heavy atom. The highest BCUT2D eigenvalue weighted by molar-refractivity contribution is 7.98. The molecule has 12 heavy (non-hydrogen) atoms. The van der Waals surface area contributed by atoms with E-state index in [0.717, 1.165) is 6.42 Å². The number of benzene rings is 1. The monoisotopic (exact) mass is 179 g/mol. The summed E-state index contributed by atoms with van der Waals surface area (Å²) in [7, 11) is 0. The Labute approximate surface area is 77.3 Å². The van der Waals surface area contributed by atoms with E-state index in [1.165, 1.54) is 10.5 Å². The van der Waals surface area contributed by atoms with E-state index in [2.05, 4.69) is 30.5 Å². The zero-order chi connectivity index (χ0) is 8.55. The Balaban J connectivity index is 2.21. The van der Waals surface area contributed by atoms with Crippen LogP contribution in [0.1, 0.15) is 17.9 Å². The van der Waals surface area contributed by atoms with Gasteiger partial charge < -0.3 is 5.73 Å². The molecule has 0 heterocycles. The molecule has 2 heteroatoms. The van der Waals surface area contributed by atoms with Gasteiger partial charge in [-0.05, 0) is 30.4 Å². The van der Waals surface area contributed by atoms with Crippen LogP contribution in [0, 0.1) is 0 Å². The standard InChI is InChI=1S/C10H13NS/c1-12-8-4-2-3-7(5-8)9-6-10(9)11/h2-5,9-10H,6,11H2,1H3/t9-,10+/m0/s1. The van der Waals surface area contributed by atoms with Gasteiger partial charge in [0, 0.05) is 16.9 Å². The molecule has 2 atom stereocenters. The Bertz CT molecular complexity index is 285. The maximum atomic E-state index is 5.78. The van der Waals surface area contributed by atoms with Gasteiger partial charge in [0.1, 0.15) is 0 Å². The summed E-state index contributed by atoms with van der Waals surface area (Å²) in [5.74, 6) is 0.636. The van der Waals surface area contributed by atoms with Crippen molar-refractivity contribution in [1.82, 2.24) is 0 Å². The lowest BCUT2D eigenvalue weighted by Gasteiger charge is -2.00. The normalized spacial score (nSPS) is 27.2. The molecule has 64 valence electrons. The van der Waals surface area contributed by atoms with Crippen LogP contribution >= 0.6 is 11.8 Å². The summed E-state index contributed by atoms with van der Waals surface area (Å²) in [5.41, 5.74) is 7.19. The smallest absolute Gasteiger partial charge is 0.0115 e. The van der Waals surface area contributed by atoms with Crippen LogP contribution in [0.4, 0.5) is 0 Å². The van der Waals surface area contributed by atoms with Crippen LogP contribution in [0.25, 0.3) is 0 Å². The number of nitrogens with two attached hydrogens (primary N) is 1. The molecule has 1 fully saturated rings. The van der Waals surface area contributed by atoms with Crippen molar-refractivity contribution in [1.29, 1.82) is 0 Å². The Hall–Kier alpha value is -0.470. The van der Waals surface area contributed by atoms with Crippen LogP contribution in [0.15, 0.2) is 29.2 Å². The molecular formula is C10H13NS. The molecule has 0 amide bonds. The van der Waals surface area contributed by atoms with Gasteiger partial charge in [-0.25, -0.2) is 0 Å². The molecule has 0 saturated heterocycles. The van der Waals surface area contributed by atoms with E-state index < -0.39 is 0 Å². The molecular weight excluding hydrogens is 166 g/mol. The molecule has 0 aliphatic heterocycles. The summed E-state index contributed by atoms with van der Waals surface area (Å²) >= 11 is 1.79. The molecule has 2 rings (SSSR count). The van der Waals surface area contributed by atoms with Crippen molar-refractivity contribution in [3.63, 3.8) is 0 Å². The molecule has 1 nitrogen and oxygen atoms in total. The first-order valence-corrected chi connectivity index (χ1v) is 5.43. The lowest BCUT2D eigenvalue weighted by molar-refractivity contribution is 0.986. The van der Waals surface area contributed by atoms with Gasteiger partial charge in [-0.2, -0.15) is 0 Å². The van der Waals surface area contributed by atoms with E-state index in [1.54, 1.807) is 11.8 Å². The zero-order valence-corrected chi connectivity index (χ0v) is 7.97. The molecule has 1 aliphatic rings. The maximum absolute atomic E-state index is 5.78. The quantitative estimate of drug-likeness (QED) is 0.704. The van der Waals surface area contributed by atoms with E-state index in [0.29, 0.717) is 12.0 Å². The molecule has 0 bridgehead atoms. The second kappa shape index (κ2) is 3.11. The minimum Gasteiger partial charge on any atom is -0.327 e. The van der Waals surface area contributed by atoms with Gasteiger partial charge in [0.2, 0.25) is 0 Å². The highest BCUT2D eigenvalue weighted by Gasteiger charge is 2.34. The molecule has 1 aromatic carbocycles. The summed E-state index contributed by atoms with van der Waals surface area (Å²) in [6.45, 7) is 0. The Morgan fingerprint density at radius 3 is 2.83 bits per heavy atom. The van der Waals surface area contributed by atoms with Gasteiger partial charge in [0.25, 0.3) is 0 Å². The fraction of sp³-hybridized carbons (Fsp3) is 0.400. The first-order valence-electron chi connectivity index (χ1n) is 4.21. The number of hydrogen-bond acceptors (Lipinski definition) is 2. The van der Waals surface area contributed by atoms with E-state index in [-0.39, 0.29) is 0 Å². The predicted molar refractivity (Wildman–Crippen MR) is 53.6 cm³/mol. The third-order valence-corrected chi connectivity index (χ3v) is 3.09. The Morgan fingerprint density at radius 1 is 1.50 bits per heavy atom. The maximum Gasteiger partial charge on any atom is 0.0115 e. The van der Waals surface area contributed by atoms with Gasteiger partial charge in [0.15, 0.2) is 0 Å². The topological polar surface area (TPSA) is 26.0 Å². The third kappa shape index (κ3) is 1.50. The summed E-state index contributed by atoms with van der Waals surface area (Å²) < 4.78 is 0. The molecule has 1 saturated carbocycles. The van der Waals surface area contributed by atoms with Crippen molar-refractivity contribution in [2.75, 3.05) is 6.26 Å². The summed E-state index contributed by atoms with van der Waals surface area (Å²) in [4.78, 5) is 1.34. The predicted octanol–water partition coefficient (Wildman–Crippen LogP) is 2.22. The largest absolute Gasteiger partial charge is 0.327 e. The summed E-state index contributed by atoms with van der Waals surface area (Å²) in [5, 5.41) is 0. The van der Waals surface area contributed by atoms with Crippen molar-refractivity contribution < 1.29 is 0 Å². The molecule has 1 aromatic rings. The Kier molecular flexibility index (Phi) is 2.11. The van der Waals surface area contributed by atoms with Crippen LogP contribution in [0.3, 0.4) is 0 Å².